The number of ether oxygens (including phenoxy) is 2. The van der Waals surface area contributed by atoms with E-state index in [9.17, 15) is 9.59 Å². The van der Waals surface area contributed by atoms with Crippen molar-refractivity contribution in [3.63, 3.8) is 0 Å². The van der Waals surface area contributed by atoms with Crippen molar-refractivity contribution in [3.8, 4) is 11.5 Å². The molecule has 0 N–H and O–H groups in total. The van der Waals surface area contributed by atoms with Crippen LogP contribution in [0.15, 0.2) is 48.2 Å². The van der Waals surface area contributed by atoms with Gasteiger partial charge in [0.1, 0.15) is 5.70 Å². The van der Waals surface area contributed by atoms with Gasteiger partial charge < -0.3 is 14.4 Å². The minimum Gasteiger partial charge on any atom is -0.454 e. The van der Waals surface area contributed by atoms with Crippen LogP contribution in [0.25, 0.3) is 5.57 Å². The summed E-state index contributed by atoms with van der Waals surface area (Å²) >= 11 is 0. The molecule has 1 saturated heterocycles. The Kier molecular flexibility index (Phi) is 4.93. The molecule has 1 unspecified atom stereocenters. The molecule has 5 rings (SSSR count). The largest absolute Gasteiger partial charge is 0.454 e. The normalized spacial score (nSPS) is 20.8. The molecule has 0 saturated carbocycles. The molecule has 0 spiro atoms. The second kappa shape index (κ2) is 7.76. The number of amides is 2. The van der Waals surface area contributed by atoms with Crippen LogP contribution in [-0.4, -0.2) is 41.5 Å². The van der Waals surface area contributed by atoms with Gasteiger partial charge >= 0.3 is 0 Å². The molecule has 6 nitrogen and oxygen atoms in total. The zero-order valence-electron chi connectivity index (χ0n) is 17.9. The van der Waals surface area contributed by atoms with Gasteiger partial charge in [0.2, 0.25) is 6.79 Å². The van der Waals surface area contributed by atoms with Crippen LogP contribution in [0.2, 0.25) is 0 Å². The number of carbonyl (C=O) groups excluding carboxylic acids is 2. The third-order valence-electron chi connectivity index (χ3n) is 6.23. The highest BCUT2D eigenvalue weighted by molar-refractivity contribution is 6.35. The number of nitrogens with zero attached hydrogens (tertiary/aromatic N) is 2. The second-order valence-electron chi connectivity index (χ2n) is 8.67. The summed E-state index contributed by atoms with van der Waals surface area (Å²) in [4.78, 5) is 30.6. The summed E-state index contributed by atoms with van der Waals surface area (Å²) in [7, 11) is 0. The van der Waals surface area contributed by atoms with E-state index in [1.165, 1.54) is 4.90 Å². The molecule has 6 heteroatoms. The number of rotatable bonds is 4. The Labute approximate surface area is 182 Å². The predicted molar refractivity (Wildman–Crippen MR) is 116 cm³/mol. The van der Waals surface area contributed by atoms with E-state index in [2.05, 4.69) is 11.8 Å². The fourth-order valence-corrected chi connectivity index (χ4v) is 4.60. The van der Waals surface area contributed by atoms with Crippen LogP contribution >= 0.6 is 0 Å². The molecule has 0 aliphatic carbocycles. The first-order valence-electron chi connectivity index (χ1n) is 10.8. The molecule has 2 aromatic rings. The van der Waals surface area contributed by atoms with Gasteiger partial charge in [-0.2, -0.15) is 0 Å². The van der Waals surface area contributed by atoms with Crippen LogP contribution in [0.4, 0.5) is 0 Å². The monoisotopic (exact) mass is 418 g/mol. The lowest BCUT2D eigenvalue weighted by Gasteiger charge is -2.33. The minimum atomic E-state index is -0.236. The third kappa shape index (κ3) is 3.56. The van der Waals surface area contributed by atoms with Gasteiger partial charge in [-0.05, 0) is 48.9 Å². The lowest BCUT2D eigenvalue weighted by atomic mass is 9.97. The van der Waals surface area contributed by atoms with Crippen molar-refractivity contribution in [1.82, 2.24) is 9.80 Å². The molecule has 1 fully saturated rings. The molecule has 0 aromatic heterocycles. The summed E-state index contributed by atoms with van der Waals surface area (Å²) in [5, 5.41) is 0. The van der Waals surface area contributed by atoms with E-state index >= 15 is 0 Å². The van der Waals surface area contributed by atoms with Crippen LogP contribution in [-0.2, 0) is 16.1 Å². The number of likely N-dealkylation sites (tertiary alicyclic amines) is 1. The Bertz CT molecular complexity index is 1070. The first-order valence-corrected chi connectivity index (χ1v) is 10.8. The van der Waals surface area contributed by atoms with Gasteiger partial charge in [-0.1, -0.05) is 42.8 Å². The SMILES string of the molecule is Cc1ccc(C2=C(N3CCCC(C)C3)C(=O)N(Cc3ccc4c(c3)OCO4)C2=O)cc1. The number of fused-ring (bicyclic) bond motifs is 1. The van der Waals surface area contributed by atoms with Gasteiger partial charge in [0, 0.05) is 13.1 Å². The van der Waals surface area contributed by atoms with Gasteiger partial charge in [-0.25, -0.2) is 0 Å². The Morgan fingerprint density at radius 1 is 1.00 bits per heavy atom. The number of aryl methyl sites for hydroxylation is 1. The van der Waals surface area contributed by atoms with Gasteiger partial charge in [0.05, 0.1) is 12.1 Å². The number of hydrogen-bond donors (Lipinski definition) is 0. The molecule has 0 radical (unpaired) electrons. The standard InChI is InChI=1S/C25H26N2O4/c1-16-5-8-19(9-6-16)22-23(26-11-3-4-17(2)13-26)25(29)27(24(22)28)14-18-7-10-20-21(12-18)31-15-30-20/h5-10,12,17H,3-4,11,13-15H2,1-2H3. The van der Waals surface area contributed by atoms with Gasteiger partial charge in [-0.3, -0.25) is 14.5 Å². The van der Waals surface area contributed by atoms with Gasteiger partial charge in [0.25, 0.3) is 11.8 Å². The van der Waals surface area contributed by atoms with Crippen LogP contribution in [0.1, 0.15) is 36.5 Å². The van der Waals surface area contributed by atoms with Gasteiger partial charge in [-0.15, -0.1) is 0 Å². The van der Waals surface area contributed by atoms with Crippen molar-refractivity contribution < 1.29 is 19.1 Å². The maximum atomic E-state index is 13.6. The van der Waals surface area contributed by atoms with Crippen molar-refractivity contribution in [2.75, 3.05) is 19.9 Å². The summed E-state index contributed by atoms with van der Waals surface area (Å²) in [5.74, 6) is 1.37. The number of benzene rings is 2. The highest BCUT2D eigenvalue weighted by atomic mass is 16.7. The molecule has 1 atom stereocenters. The van der Waals surface area contributed by atoms with Crippen molar-refractivity contribution in [2.45, 2.75) is 33.2 Å². The summed E-state index contributed by atoms with van der Waals surface area (Å²) in [6.07, 6.45) is 2.17. The topological polar surface area (TPSA) is 59.1 Å². The van der Waals surface area contributed by atoms with E-state index in [-0.39, 0.29) is 25.2 Å². The fourth-order valence-electron chi connectivity index (χ4n) is 4.60. The van der Waals surface area contributed by atoms with Crippen LogP contribution in [0, 0.1) is 12.8 Å². The second-order valence-corrected chi connectivity index (χ2v) is 8.67. The molecule has 31 heavy (non-hydrogen) atoms. The molecule has 3 heterocycles. The average molecular weight is 418 g/mol. The average Bonchev–Trinajstić information content (AvgIpc) is 3.32. The number of hydrogen-bond acceptors (Lipinski definition) is 5. The molecule has 3 aliphatic rings. The van der Waals surface area contributed by atoms with Crippen molar-refractivity contribution >= 4 is 17.4 Å². The smallest absolute Gasteiger partial charge is 0.278 e. The quantitative estimate of drug-likeness (QED) is 0.708. The Morgan fingerprint density at radius 3 is 2.55 bits per heavy atom. The minimum absolute atomic E-state index is 0.191. The lowest BCUT2D eigenvalue weighted by Crippen LogP contribution is -2.39. The lowest BCUT2D eigenvalue weighted by molar-refractivity contribution is -0.138. The third-order valence-corrected chi connectivity index (χ3v) is 6.23. The van der Waals surface area contributed by atoms with E-state index in [4.69, 9.17) is 9.47 Å². The van der Waals surface area contributed by atoms with E-state index in [0.717, 1.165) is 42.6 Å². The summed E-state index contributed by atoms with van der Waals surface area (Å²) in [5.41, 5.74) is 3.81. The Hall–Kier alpha value is -3.28. The van der Waals surface area contributed by atoms with Crippen molar-refractivity contribution in [1.29, 1.82) is 0 Å². The first-order chi connectivity index (χ1) is 15.0. The first kappa shape index (κ1) is 19.7. The van der Waals surface area contributed by atoms with E-state index < -0.39 is 0 Å². The molecular formula is C25H26N2O4. The summed E-state index contributed by atoms with van der Waals surface area (Å²) < 4.78 is 10.8. The summed E-state index contributed by atoms with van der Waals surface area (Å²) in [6, 6.07) is 13.4. The Balaban J connectivity index is 1.51. The van der Waals surface area contributed by atoms with Crippen LogP contribution in [0.5, 0.6) is 11.5 Å². The molecule has 0 bridgehead atoms. The number of carbonyl (C=O) groups is 2. The number of imide groups is 1. The highest BCUT2D eigenvalue weighted by Gasteiger charge is 2.42. The molecule has 160 valence electrons. The molecule has 3 aliphatic heterocycles. The van der Waals surface area contributed by atoms with Crippen molar-refractivity contribution in [2.24, 2.45) is 5.92 Å². The Morgan fingerprint density at radius 2 is 1.77 bits per heavy atom. The van der Waals surface area contributed by atoms with E-state index in [1.54, 1.807) is 0 Å². The van der Waals surface area contributed by atoms with Crippen LogP contribution < -0.4 is 9.47 Å². The van der Waals surface area contributed by atoms with Crippen LogP contribution in [0.3, 0.4) is 0 Å². The fraction of sp³-hybridized carbons (Fsp3) is 0.360. The summed E-state index contributed by atoms with van der Waals surface area (Å²) in [6.45, 7) is 6.20. The maximum absolute atomic E-state index is 13.6. The maximum Gasteiger partial charge on any atom is 0.278 e. The zero-order chi connectivity index (χ0) is 21.5. The van der Waals surface area contributed by atoms with E-state index in [1.807, 2.05) is 49.4 Å². The molecule has 2 aromatic carbocycles. The number of piperidine rings is 1. The predicted octanol–water partition coefficient (Wildman–Crippen LogP) is 3.74. The van der Waals surface area contributed by atoms with Crippen molar-refractivity contribution in [3.05, 3.63) is 64.9 Å². The van der Waals surface area contributed by atoms with E-state index in [0.29, 0.717) is 28.7 Å². The van der Waals surface area contributed by atoms with Gasteiger partial charge in [0.15, 0.2) is 11.5 Å². The zero-order valence-corrected chi connectivity index (χ0v) is 17.9. The molecule has 2 amide bonds. The highest BCUT2D eigenvalue weighted by Crippen LogP contribution is 2.37. The molecular weight excluding hydrogens is 392 g/mol.